The quantitative estimate of drug-likeness (QED) is 0.450. The average molecular weight is 396 g/mol. The van der Waals surface area contributed by atoms with Crippen molar-refractivity contribution >= 4 is 5.96 Å². The Morgan fingerprint density at radius 2 is 2.07 bits per heavy atom. The summed E-state index contributed by atoms with van der Waals surface area (Å²) in [5.41, 5.74) is 2.72. The lowest BCUT2D eigenvalue weighted by Gasteiger charge is -2.12. The molecule has 0 spiro atoms. The highest BCUT2D eigenvalue weighted by atomic mass is 19.1. The minimum Gasteiger partial charge on any atom is -0.357 e. The van der Waals surface area contributed by atoms with E-state index < -0.39 is 0 Å². The molecule has 0 fully saturated rings. The molecule has 0 aliphatic rings. The Morgan fingerprint density at radius 1 is 1.17 bits per heavy atom. The van der Waals surface area contributed by atoms with Gasteiger partial charge in [0.1, 0.15) is 11.5 Å². The second-order valence-electron chi connectivity index (χ2n) is 6.49. The lowest BCUT2D eigenvalue weighted by Crippen LogP contribution is -2.38. The molecule has 2 aromatic heterocycles. The van der Waals surface area contributed by atoms with Crippen LogP contribution in [0.15, 0.2) is 52.1 Å². The number of aryl methyl sites for hydroxylation is 1. The van der Waals surface area contributed by atoms with Crippen molar-refractivity contribution in [1.82, 2.24) is 25.8 Å². The molecule has 8 heteroatoms. The molecule has 2 N–H and O–H groups in total. The van der Waals surface area contributed by atoms with Gasteiger partial charge >= 0.3 is 0 Å². The molecule has 2 heterocycles. The molecule has 29 heavy (non-hydrogen) atoms. The van der Waals surface area contributed by atoms with Crippen LogP contribution in [-0.4, -0.2) is 40.7 Å². The number of guanidine groups is 1. The third kappa shape index (κ3) is 6.10. The monoisotopic (exact) mass is 396 g/mol. The molecular formula is C21H25FN6O. The zero-order valence-electron chi connectivity index (χ0n) is 16.7. The summed E-state index contributed by atoms with van der Waals surface area (Å²) in [7, 11) is 0. The number of benzene rings is 1. The number of aromatic nitrogens is 3. The van der Waals surface area contributed by atoms with Gasteiger partial charge in [-0.25, -0.2) is 4.39 Å². The number of halogens is 1. The van der Waals surface area contributed by atoms with Crippen molar-refractivity contribution in [3.63, 3.8) is 0 Å². The van der Waals surface area contributed by atoms with Crippen LogP contribution in [0.2, 0.25) is 0 Å². The fraction of sp³-hybridized carbons (Fsp3) is 0.333. The predicted octanol–water partition coefficient (Wildman–Crippen LogP) is 2.92. The highest BCUT2D eigenvalue weighted by Gasteiger charge is 2.09. The van der Waals surface area contributed by atoms with Crippen LogP contribution in [0.1, 0.15) is 23.9 Å². The van der Waals surface area contributed by atoms with Crippen LogP contribution < -0.4 is 10.6 Å². The normalized spacial score (nSPS) is 11.5. The van der Waals surface area contributed by atoms with Crippen molar-refractivity contribution in [2.45, 2.75) is 26.7 Å². The van der Waals surface area contributed by atoms with Gasteiger partial charge in [0.15, 0.2) is 11.8 Å². The van der Waals surface area contributed by atoms with Crippen molar-refractivity contribution in [2.75, 3.05) is 19.6 Å². The third-order valence-corrected chi connectivity index (χ3v) is 4.29. The van der Waals surface area contributed by atoms with Crippen LogP contribution in [-0.2, 0) is 12.8 Å². The van der Waals surface area contributed by atoms with Gasteiger partial charge in [-0.3, -0.25) is 9.98 Å². The van der Waals surface area contributed by atoms with Crippen LogP contribution in [0.4, 0.5) is 4.39 Å². The van der Waals surface area contributed by atoms with E-state index in [1.165, 1.54) is 6.07 Å². The smallest absolute Gasteiger partial charge is 0.276 e. The van der Waals surface area contributed by atoms with Crippen LogP contribution in [0.25, 0.3) is 11.6 Å². The molecule has 1 aromatic carbocycles. The van der Waals surface area contributed by atoms with Crippen molar-refractivity contribution < 1.29 is 8.91 Å². The first-order valence-corrected chi connectivity index (χ1v) is 9.67. The molecule has 0 atom stereocenters. The lowest BCUT2D eigenvalue weighted by molar-refractivity contribution is 0.421. The topological polar surface area (TPSA) is 88.2 Å². The Bertz CT molecular complexity index is 941. The first kappa shape index (κ1) is 20.4. The van der Waals surface area contributed by atoms with Gasteiger partial charge in [0, 0.05) is 32.3 Å². The molecule has 0 radical (unpaired) electrons. The molecule has 0 aliphatic heterocycles. The number of nitrogens with zero attached hydrogens (tertiary/aromatic N) is 4. The van der Waals surface area contributed by atoms with E-state index in [0.717, 1.165) is 30.1 Å². The maximum absolute atomic E-state index is 13.2. The molecule has 3 aromatic rings. The van der Waals surface area contributed by atoms with Gasteiger partial charge in [0.05, 0.1) is 0 Å². The van der Waals surface area contributed by atoms with E-state index in [9.17, 15) is 4.39 Å². The summed E-state index contributed by atoms with van der Waals surface area (Å²) in [4.78, 5) is 13.1. The van der Waals surface area contributed by atoms with E-state index in [2.05, 4.69) is 30.8 Å². The number of nitrogens with one attached hydrogen (secondary N) is 2. The Balaban J connectivity index is 1.51. The van der Waals surface area contributed by atoms with Gasteiger partial charge in [-0.1, -0.05) is 17.3 Å². The number of rotatable bonds is 8. The number of hydrogen-bond acceptors (Lipinski definition) is 5. The Labute approximate surface area is 169 Å². The molecule has 0 saturated carbocycles. The van der Waals surface area contributed by atoms with Crippen molar-refractivity contribution in [3.05, 3.63) is 65.4 Å². The van der Waals surface area contributed by atoms with E-state index in [1.54, 1.807) is 12.3 Å². The predicted molar refractivity (Wildman–Crippen MR) is 110 cm³/mol. The van der Waals surface area contributed by atoms with Gasteiger partial charge in [0.25, 0.3) is 5.89 Å². The second kappa shape index (κ2) is 10.3. The zero-order chi connectivity index (χ0) is 20.5. The summed E-state index contributed by atoms with van der Waals surface area (Å²) in [6.45, 7) is 5.91. The van der Waals surface area contributed by atoms with Gasteiger partial charge in [-0.05, 0) is 55.7 Å². The Kier molecular flexibility index (Phi) is 7.27. The fourth-order valence-electron chi connectivity index (χ4n) is 2.81. The molecule has 0 unspecified atom stereocenters. The Morgan fingerprint density at radius 3 is 2.83 bits per heavy atom. The number of aliphatic imine (C=N–C) groups is 1. The molecule has 0 bridgehead atoms. The van der Waals surface area contributed by atoms with Gasteiger partial charge in [0.2, 0.25) is 0 Å². The van der Waals surface area contributed by atoms with Crippen LogP contribution in [0.3, 0.4) is 0 Å². The van der Waals surface area contributed by atoms with Gasteiger partial charge in [-0.2, -0.15) is 4.98 Å². The average Bonchev–Trinajstić information content (AvgIpc) is 3.19. The largest absolute Gasteiger partial charge is 0.357 e. The first-order valence-electron chi connectivity index (χ1n) is 9.67. The number of pyridine rings is 1. The van der Waals surface area contributed by atoms with E-state index in [0.29, 0.717) is 36.9 Å². The Hall–Kier alpha value is -3.29. The van der Waals surface area contributed by atoms with Crippen molar-refractivity contribution in [2.24, 2.45) is 4.99 Å². The molecular weight excluding hydrogens is 371 g/mol. The third-order valence-electron chi connectivity index (χ3n) is 4.29. The molecule has 3 rings (SSSR count). The fourth-order valence-corrected chi connectivity index (χ4v) is 2.81. The van der Waals surface area contributed by atoms with Gasteiger partial charge in [-0.15, -0.1) is 0 Å². The van der Waals surface area contributed by atoms with Crippen LogP contribution >= 0.6 is 0 Å². The standard InChI is InChI=1S/C21H25FN6O/c1-3-23-21(25-12-9-16-7-8-17(22)14-15(16)2)26-13-10-19-27-20(29-28-19)18-6-4-5-11-24-18/h4-8,11,14H,3,9-10,12-13H2,1-2H3,(H2,23,25,26). The molecule has 0 saturated heterocycles. The maximum Gasteiger partial charge on any atom is 0.276 e. The molecule has 7 nitrogen and oxygen atoms in total. The minimum absolute atomic E-state index is 0.207. The van der Waals surface area contributed by atoms with Crippen LogP contribution in [0, 0.1) is 12.7 Å². The molecule has 0 aliphatic carbocycles. The summed E-state index contributed by atoms with van der Waals surface area (Å²) in [6, 6.07) is 10.4. The minimum atomic E-state index is -0.207. The van der Waals surface area contributed by atoms with Crippen molar-refractivity contribution in [1.29, 1.82) is 0 Å². The van der Waals surface area contributed by atoms with E-state index in [1.807, 2.05) is 38.1 Å². The highest BCUT2D eigenvalue weighted by Crippen LogP contribution is 2.13. The summed E-state index contributed by atoms with van der Waals surface area (Å²) in [6.07, 6.45) is 3.03. The summed E-state index contributed by atoms with van der Waals surface area (Å²) >= 11 is 0. The zero-order valence-corrected chi connectivity index (χ0v) is 16.7. The maximum atomic E-state index is 13.2. The lowest BCUT2D eigenvalue weighted by atomic mass is 10.1. The SMILES string of the molecule is CCNC(=NCCc1noc(-c2ccccn2)n1)NCCc1ccc(F)cc1C. The number of hydrogen-bond donors (Lipinski definition) is 2. The summed E-state index contributed by atoms with van der Waals surface area (Å²) in [5.74, 6) is 1.51. The highest BCUT2D eigenvalue weighted by molar-refractivity contribution is 5.79. The van der Waals surface area contributed by atoms with Gasteiger partial charge < -0.3 is 15.2 Å². The molecule has 152 valence electrons. The summed E-state index contributed by atoms with van der Waals surface area (Å²) in [5, 5.41) is 10.5. The second-order valence-corrected chi connectivity index (χ2v) is 6.49. The summed E-state index contributed by atoms with van der Waals surface area (Å²) < 4.78 is 18.5. The van der Waals surface area contributed by atoms with E-state index >= 15 is 0 Å². The van der Waals surface area contributed by atoms with E-state index in [4.69, 9.17) is 4.52 Å². The first-order chi connectivity index (χ1) is 14.2. The van der Waals surface area contributed by atoms with Crippen molar-refractivity contribution in [3.8, 4) is 11.6 Å². The van der Waals surface area contributed by atoms with E-state index in [-0.39, 0.29) is 5.82 Å². The van der Waals surface area contributed by atoms with Crippen LogP contribution in [0.5, 0.6) is 0 Å². The molecule has 0 amide bonds.